The summed E-state index contributed by atoms with van der Waals surface area (Å²) in [4.78, 5) is 0. The van der Waals surface area contributed by atoms with Gasteiger partial charge in [0.25, 0.3) is 0 Å². The molecule has 26 heavy (non-hydrogen) atoms. The van der Waals surface area contributed by atoms with Crippen molar-refractivity contribution >= 4 is 0 Å². The van der Waals surface area contributed by atoms with Crippen molar-refractivity contribution in [1.82, 2.24) is 0 Å². The van der Waals surface area contributed by atoms with Crippen molar-refractivity contribution in [3.8, 4) is 11.8 Å². The molecule has 2 aromatic rings. The molecule has 0 radical (unpaired) electrons. The van der Waals surface area contributed by atoms with Gasteiger partial charge in [0.05, 0.1) is 6.61 Å². The topological polar surface area (TPSA) is 21.8 Å². The molecule has 0 unspecified atom stereocenters. The molecule has 0 bridgehead atoms. The van der Waals surface area contributed by atoms with Gasteiger partial charge in [-0.15, -0.1) is 6.58 Å². The second-order valence-corrected chi connectivity index (χ2v) is 7.05. The first-order valence-corrected chi connectivity index (χ1v) is 9.35. The third-order valence-corrected chi connectivity index (χ3v) is 5.44. The lowest BCUT2D eigenvalue weighted by molar-refractivity contribution is -0.0683. The van der Waals surface area contributed by atoms with Crippen LogP contribution in [0.3, 0.4) is 0 Å². The average molecular weight is 344 g/mol. The Morgan fingerprint density at radius 2 is 1.73 bits per heavy atom. The highest BCUT2D eigenvalue weighted by Crippen LogP contribution is 2.63. The molecule has 0 N–H and O–H groups in total. The predicted octanol–water partition coefficient (Wildman–Crippen LogP) is 5.06. The molecule has 2 fully saturated rings. The van der Waals surface area contributed by atoms with Gasteiger partial charge in [0.15, 0.2) is 5.60 Å². The Kier molecular flexibility index (Phi) is 4.68. The van der Waals surface area contributed by atoms with Crippen LogP contribution in [0.15, 0.2) is 73.3 Å². The van der Waals surface area contributed by atoms with Crippen molar-refractivity contribution < 1.29 is 9.47 Å². The van der Waals surface area contributed by atoms with Crippen LogP contribution in [0.1, 0.15) is 42.9 Å². The molecule has 1 heterocycles. The van der Waals surface area contributed by atoms with E-state index in [0.29, 0.717) is 6.61 Å². The average Bonchev–Trinajstić information content (AvgIpc) is 3.43. The van der Waals surface area contributed by atoms with Gasteiger partial charge in [-0.3, -0.25) is 0 Å². The summed E-state index contributed by atoms with van der Waals surface area (Å²) in [5.74, 6) is 6.84. The largest absolute Gasteiger partial charge is 0.357 e. The van der Waals surface area contributed by atoms with Gasteiger partial charge in [-0.2, -0.15) is 0 Å². The smallest absolute Gasteiger partial charge is 0.161 e. The van der Waals surface area contributed by atoms with Crippen LogP contribution in [0.2, 0.25) is 0 Å². The quantitative estimate of drug-likeness (QED) is 0.439. The summed E-state index contributed by atoms with van der Waals surface area (Å²) in [6.07, 6.45) is 5.98. The summed E-state index contributed by atoms with van der Waals surface area (Å²) in [5.41, 5.74) is 1.28. The molecule has 2 heteroatoms. The molecule has 4 rings (SSSR count). The Morgan fingerprint density at radius 3 is 2.46 bits per heavy atom. The van der Waals surface area contributed by atoms with Gasteiger partial charge >= 0.3 is 0 Å². The lowest BCUT2D eigenvalue weighted by atomic mass is 9.72. The van der Waals surface area contributed by atoms with E-state index < -0.39 is 5.60 Å². The molecule has 2 aliphatic rings. The van der Waals surface area contributed by atoms with Crippen molar-refractivity contribution in [3.63, 3.8) is 0 Å². The van der Waals surface area contributed by atoms with Crippen molar-refractivity contribution in [2.24, 2.45) is 0 Å². The van der Waals surface area contributed by atoms with Gasteiger partial charge in [-0.05, 0) is 37.0 Å². The maximum Gasteiger partial charge on any atom is 0.161 e. The van der Waals surface area contributed by atoms with E-state index >= 15 is 0 Å². The molecule has 1 aliphatic carbocycles. The fraction of sp³-hybridized carbons (Fsp3) is 0.333. The zero-order valence-corrected chi connectivity index (χ0v) is 15.0. The number of rotatable bonds is 4. The van der Waals surface area contributed by atoms with Crippen LogP contribution in [-0.2, 0) is 9.47 Å². The van der Waals surface area contributed by atoms with Crippen LogP contribution in [0, 0.1) is 11.8 Å². The molecule has 3 atom stereocenters. The second-order valence-electron chi connectivity index (χ2n) is 7.05. The van der Waals surface area contributed by atoms with Crippen molar-refractivity contribution in [1.29, 1.82) is 0 Å². The van der Waals surface area contributed by atoms with Crippen LogP contribution in [0.25, 0.3) is 0 Å². The molecule has 1 spiro atoms. The molecule has 2 aromatic carbocycles. The third-order valence-electron chi connectivity index (χ3n) is 5.44. The molecule has 1 saturated carbocycles. The number of benzene rings is 2. The van der Waals surface area contributed by atoms with E-state index in [0.717, 1.165) is 31.2 Å². The highest BCUT2D eigenvalue weighted by Gasteiger charge is 2.70. The molecule has 1 aliphatic heterocycles. The van der Waals surface area contributed by atoms with Crippen molar-refractivity contribution in [2.75, 3.05) is 6.61 Å². The molecule has 132 valence electrons. The first-order valence-electron chi connectivity index (χ1n) is 9.35. The fourth-order valence-electron chi connectivity index (χ4n) is 4.11. The number of ether oxygens (including phenoxy) is 2. The van der Waals surface area contributed by atoms with Gasteiger partial charge in [0.1, 0.15) is 11.7 Å². The van der Waals surface area contributed by atoms with Crippen LogP contribution in [0.5, 0.6) is 0 Å². The molecule has 0 aromatic heterocycles. The summed E-state index contributed by atoms with van der Waals surface area (Å²) in [5, 5.41) is 0. The summed E-state index contributed by atoms with van der Waals surface area (Å²) in [6.45, 7) is 4.31. The van der Waals surface area contributed by atoms with Crippen LogP contribution in [-0.4, -0.2) is 17.8 Å². The molecule has 2 nitrogen and oxygen atoms in total. The standard InChI is InChI=1S/C24H24O2/c1-2-19-25-23(18-15-20-11-5-3-6-12-20)16-9-10-17-24(23)22(26-24)21-13-7-4-8-14-21/h2-8,11-14,22H,1,9-10,16-17,19H2/t22-,23-,24+/m0/s1. The van der Waals surface area contributed by atoms with Crippen LogP contribution < -0.4 is 0 Å². The number of hydrogen-bond donors (Lipinski definition) is 0. The SMILES string of the molecule is C=CCO[C@]1(C#Cc2ccccc2)CCCC[C@]12O[C@H]2c1ccccc1. The Hall–Kier alpha value is -2.34. The first kappa shape index (κ1) is 17.1. The van der Waals surface area contributed by atoms with Crippen LogP contribution >= 0.6 is 0 Å². The van der Waals surface area contributed by atoms with Gasteiger partial charge in [0.2, 0.25) is 0 Å². The van der Waals surface area contributed by atoms with E-state index in [1.165, 1.54) is 5.56 Å². The van der Waals surface area contributed by atoms with E-state index in [1.807, 2.05) is 36.4 Å². The van der Waals surface area contributed by atoms with Gasteiger partial charge in [-0.25, -0.2) is 0 Å². The fourth-order valence-corrected chi connectivity index (χ4v) is 4.11. The molecular weight excluding hydrogens is 320 g/mol. The van der Waals surface area contributed by atoms with E-state index in [1.54, 1.807) is 6.08 Å². The minimum Gasteiger partial charge on any atom is -0.357 e. The zero-order valence-electron chi connectivity index (χ0n) is 15.0. The summed E-state index contributed by atoms with van der Waals surface area (Å²) < 4.78 is 12.7. The molecule has 1 saturated heterocycles. The number of epoxide rings is 1. The Balaban J connectivity index is 1.71. The van der Waals surface area contributed by atoms with Crippen LogP contribution in [0.4, 0.5) is 0 Å². The van der Waals surface area contributed by atoms with E-state index in [-0.39, 0.29) is 11.7 Å². The Bertz CT molecular complexity index is 818. The monoisotopic (exact) mass is 344 g/mol. The summed E-state index contributed by atoms with van der Waals surface area (Å²) in [7, 11) is 0. The normalized spacial score (nSPS) is 29.6. The van der Waals surface area contributed by atoms with Gasteiger partial charge < -0.3 is 9.47 Å². The summed E-state index contributed by atoms with van der Waals surface area (Å²) in [6, 6.07) is 20.5. The summed E-state index contributed by atoms with van der Waals surface area (Å²) >= 11 is 0. The molecule has 0 amide bonds. The predicted molar refractivity (Wildman–Crippen MR) is 104 cm³/mol. The Labute approximate surface area is 155 Å². The van der Waals surface area contributed by atoms with Crippen molar-refractivity contribution in [3.05, 3.63) is 84.4 Å². The van der Waals surface area contributed by atoms with Gasteiger partial charge in [0, 0.05) is 5.56 Å². The highest BCUT2D eigenvalue weighted by molar-refractivity contribution is 5.42. The van der Waals surface area contributed by atoms with E-state index in [9.17, 15) is 0 Å². The third kappa shape index (κ3) is 2.98. The molecular formula is C24H24O2. The zero-order chi connectivity index (χ0) is 17.9. The first-order chi connectivity index (χ1) is 12.8. The van der Waals surface area contributed by atoms with Gasteiger partial charge in [-0.1, -0.05) is 72.9 Å². The minimum absolute atomic E-state index is 0.0545. The lowest BCUT2D eigenvalue weighted by Crippen LogP contribution is -2.49. The highest BCUT2D eigenvalue weighted by atomic mass is 16.6. The maximum atomic E-state index is 6.37. The van der Waals surface area contributed by atoms with E-state index in [2.05, 4.69) is 42.7 Å². The Morgan fingerprint density at radius 1 is 1.04 bits per heavy atom. The van der Waals surface area contributed by atoms with E-state index in [4.69, 9.17) is 9.47 Å². The second kappa shape index (κ2) is 7.11. The maximum absolute atomic E-state index is 6.37. The lowest BCUT2D eigenvalue weighted by Gasteiger charge is -2.38. The minimum atomic E-state index is -0.588. The van der Waals surface area contributed by atoms with Crippen molar-refractivity contribution in [2.45, 2.75) is 43.0 Å². The number of hydrogen-bond acceptors (Lipinski definition) is 2.